The van der Waals surface area contributed by atoms with Crippen molar-refractivity contribution in [1.82, 2.24) is 14.4 Å². The maximum atomic E-state index is 5.20. The summed E-state index contributed by atoms with van der Waals surface area (Å²) in [5.41, 5.74) is 10.8. The predicted octanol–water partition coefficient (Wildman–Crippen LogP) is 10.9. The Bertz CT molecular complexity index is 2720. The lowest BCUT2D eigenvalue weighted by Crippen LogP contribution is -1.93. The number of hydrogen-bond donors (Lipinski definition) is 0. The van der Waals surface area contributed by atoms with E-state index in [1.807, 2.05) is 12.1 Å². The van der Waals surface area contributed by atoms with Gasteiger partial charge in [0.2, 0.25) is 0 Å². The van der Waals surface area contributed by atoms with Gasteiger partial charge in [-0.1, -0.05) is 121 Å². The van der Waals surface area contributed by atoms with Crippen LogP contribution in [0.3, 0.4) is 0 Å². The minimum Gasteiger partial charge on any atom is -0.298 e. The van der Waals surface area contributed by atoms with E-state index in [0.29, 0.717) is 0 Å². The Kier molecular flexibility index (Phi) is 5.00. The Balaban J connectivity index is 1.23. The molecule has 0 spiro atoms. The molecule has 10 aromatic rings. The molecule has 0 unspecified atom stereocenters. The van der Waals surface area contributed by atoms with Crippen LogP contribution in [0.1, 0.15) is 0 Å². The smallest absolute Gasteiger partial charge is 0.137 e. The third-order valence-electron chi connectivity index (χ3n) is 9.35. The van der Waals surface area contributed by atoms with E-state index in [-0.39, 0.29) is 0 Å². The molecule has 0 aliphatic heterocycles. The van der Waals surface area contributed by atoms with Gasteiger partial charge < -0.3 is 0 Å². The second kappa shape index (κ2) is 9.22. The molecule has 0 aliphatic carbocycles. The average Bonchev–Trinajstić information content (AvgIpc) is 3.51. The molecule has 3 heterocycles. The van der Waals surface area contributed by atoms with Crippen molar-refractivity contribution in [2.45, 2.75) is 0 Å². The Hall–Kier alpha value is -6.06. The zero-order valence-electron chi connectivity index (χ0n) is 24.3. The van der Waals surface area contributed by atoms with Gasteiger partial charge in [-0.3, -0.25) is 4.40 Å². The number of imidazole rings is 1. The summed E-state index contributed by atoms with van der Waals surface area (Å²) < 4.78 is 2.16. The quantitative estimate of drug-likeness (QED) is 0.197. The van der Waals surface area contributed by atoms with Crippen molar-refractivity contribution in [1.29, 1.82) is 0 Å². The minimum atomic E-state index is 0.922. The molecule has 0 aliphatic rings. The topological polar surface area (TPSA) is 30.2 Å². The molecule has 45 heavy (non-hydrogen) atoms. The fourth-order valence-electron chi connectivity index (χ4n) is 7.29. The predicted molar refractivity (Wildman–Crippen MR) is 188 cm³/mol. The van der Waals surface area contributed by atoms with Crippen molar-refractivity contribution in [3.8, 4) is 33.5 Å². The summed E-state index contributed by atoms with van der Waals surface area (Å²) in [6.45, 7) is 0. The highest BCUT2D eigenvalue weighted by Gasteiger charge is 2.19. The summed E-state index contributed by atoms with van der Waals surface area (Å²) in [6, 6.07) is 52.2. The Morgan fingerprint density at radius 1 is 0.444 bits per heavy atom. The van der Waals surface area contributed by atoms with Crippen molar-refractivity contribution in [3.63, 3.8) is 0 Å². The Labute approximate surface area is 259 Å². The van der Waals surface area contributed by atoms with Crippen molar-refractivity contribution in [2.75, 3.05) is 0 Å². The van der Waals surface area contributed by atoms with Crippen LogP contribution in [0.5, 0.6) is 0 Å². The number of benzene rings is 7. The molecule has 10 rings (SSSR count). The van der Waals surface area contributed by atoms with Gasteiger partial charge in [0.25, 0.3) is 0 Å². The van der Waals surface area contributed by atoms with Crippen molar-refractivity contribution in [3.05, 3.63) is 152 Å². The van der Waals surface area contributed by atoms with Crippen LogP contribution in [0.2, 0.25) is 0 Å². The highest BCUT2D eigenvalue weighted by atomic mass is 15.0. The van der Waals surface area contributed by atoms with Crippen LogP contribution in [0.4, 0.5) is 0 Å². The number of hydrogen-bond acceptors (Lipinski definition) is 2. The van der Waals surface area contributed by atoms with Gasteiger partial charge in [0.1, 0.15) is 11.2 Å². The van der Waals surface area contributed by atoms with Gasteiger partial charge >= 0.3 is 0 Å². The standard InChI is InChI=1S/C42H25N3/c1-2-9-26(10-3-1)34-25-35(32-23-21-29-12-8-11-28-20-22-31(34)39(32)38(28)29)27-16-18-30(19-17-27)40-42-41(33-13-4-5-14-36(33)43-40)44-37-15-6-7-24-45(37)42/h1-25H. The average molecular weight is 572 g/mol. The molecule has 0 radical (unpaired) electrons. The number of nitrogens with zero attached hydrogens (tertiary/aromatic N) is 3. The molecule has 0 atom stereocenters. The van der Waals surface area contributed by atoms with Crippen LogP contribution < -0.4 is 0 Å². The molecule has 208 valence electrons. The summed E-state index contributed by atoms with van der Waals surface area (Å²) >= 11 is 0. The normalized spacial score (nSPS) is 12.0. The van der Waals surface area contributed by atoms with E-state index in [1.165, 1.54) is 54.6 Å². The second-order valence-corrected chi connectivity index (χ2v) is 11.8. The lowest BCUT2D eigenvalue weighted by Gasteiger charge is -2.18. The summed E-state index contributed by atoms with van der Waals surface area (Å²) in [5, 5.41) is 8.84. The SMILES string of the molecule is c1ccc(-c2cc(-c3ccc(-c4nc5ccccc5c5nc6ccccn6c45)cc3)c3ccc4cccc5ccc2c3c54)cc1. The van der Waals surface area contributed by atoms with E-state index < -0.39 is 0 Å². The molecular formula is C42H25N3. The molecule has 3 heteroatoms. The summed E-state index contributed by atoms with van der Waals surface area (Å²) in [6.07, 6.45) is 2.08. The van der Waals surface area contributed by atoms with Crippen molar-refractivity contribution >= 4 is 59.9 Å². The molecule has 0 N–H and O–H groups in total. The summed E-state index contributed by atoms with van der Waals surface area (Å²) in [5.74, 6) is 0. The van der Waals surface area contributed by atoms with Gasteiger partial charge in [-0.15, -0.1) is 0 Å². The molecule has 0 fully saturated rings. The van der Waals surface area contributed by atoms with Crippen LogP contribution in [0.25, 0.3) is 93.4 Å². The van der Waals surface area contributed by atoms with E-state index in [0.717, 1.165) is 38.8 Å². The van der Waals surface area contributed by atoms with Gasteiger partial charge in [0.05, 0.1) is 16.7 Å². The number of fused-ring (bicyclic) bond motifs is 5. The van der Waals surface area contributed by atoms with Crippen LogP contribution in [0.15, 0.2) is 152 Å². The highest BCUT2D eigenvalue weighted by Crippen LogP contribution is 2.44. The van der Waals surface area contributed by atoms with Crippen LogP contribution >= 0.6 is 0 Å². The van der Waals surface area contributed by atoms with E-state index in [4.69, 9.17) is 9.97 Å². The molecule has 7 aromatic carbocycles. The molecule has 0 saturated heterocycles. The van der Waals surface area contributed by atoms with Crippen LogP contribution in [-0.4, -0.2) is 14.4 Å². The van der Waals surface area contributed by atoms with E-state index in [9.17, 15) is 0 Å². The zero-order valence-corrected chi connectivity index (χ0v) is 24.3. The molecular weight excluding hydrogens is 546 g/mol. The lowest BCUT2D eigenvalue weighted by molar-refractivity contribution is 1.22. The largest absolute Gasteiger partial charge is 0.298 e. The fraction of sp³-hybridized carbons (Fsp3) is 0. The number of aromatic nitrogens is 3. The molecule has 0 saturated carbocycles. The van der Waals surface area contributed by atoms with Crippen LogP contribution in [-0.2, 0) is 0 Å². The highest BCUT2D eigenvalue weighted by molar-refractivity contribution is 6.28. The van der Waals surface area contributed by atoms with Crippen molar-refractivity contribution < 1.29 is 0 Å². The maximum absolute atomic E-state index is 5.20. The first-order chi connectivity index (χ1) is 22.3. The van der Waals surface area contributed by atoms with Crippen molar-refractivity contribution in [2.24, 2.45) is 0 Å². The number of rotatable bonds is 3. The van der Waals surface area contributed by atoms with E-state index in [1.54, 1.807) is 0 Å². The van der Waals surface area contributed by atoms with Gasteiger partial charge in [-0.25, -0.2) is 9.97 Å². The number of pyridine rings is 2. The molecule has 3 aromatic heterocycles. The second-order valence-electron chi connectivity index (χ2n) is 11.8. The molecule has 3 nitrogen and oxygen atoms in total. The fourth-order valence-corrected chi connectivity index (χ4v) is 7.29. The maximum Gasteiger partial charge on any atom is 0.137 e. The third kappa shape index (κ3) is 3.52. The van der Waals surface area contributed by atoms with E-state index in [2.05, 4.69) is 144 Å². The monoisotopic (exact) mass is 571 g/mol. The zero-order chi connectivity index (χ0) is 29.5. The van der Waals surface area contributed by atoms with Gasteiger partial charge in [-0.2, -0.15) is 0 Å². The summed E-state index contributed by atoms with van der Waals surface area (Å²) in [7, 11) is 0. The van der Waals surface area contributed by atoms with E-state index >= 15 is 0 Å². The summed E-state index contributed by atoms with van der Waals surface area (Å²) in [4.78, 5) is 10.2. The molecule has 0 amide bonds. The first-order valence-electron chi connectivity index (χ1n) is 15.3. The Morgan fingerprint density at radius 3 is 1.89 bits per heavy atom. The number of para-hydroxylation sites is 1. The van der Waals surface area contributed by atoms with Gasteiger partial charge in [0, 0.05) is 17.1 Å². The van der Waals surface area contributed by atoms with Gasteiger partial charge in [0.15, 0.2) is 0 Å². The molecule has 0 bridgehead atoms. The van der Waals surface area contributed by atoms with Gasteiger partial charge in [-0.05, 0) is 78.8 Å². The van der Waals surface area contributed by atoms with Crippen LogP contribution in [0, 0.1) is 0 Å². The lowest BCUT2D eigenvalue weighted by atomic mass is 9.85. The Morgan fingerprint density at radius 2 is 1.11 bits per heavy atom. The minimum absolute atomic E-state index is 0.922. The first kappa shape index (κ1) is 24.4. The first-order valence-corrected chi connectivity index (χ1v) is 15.3. The third-order valence-corrected chi connectivity index (χ3v) is 9.35.